The minimum absolute atomic E-state index is 0.0143. The van der Waals surface area contributed by atoms with Crippen molar-refractivity contribution in [1.29, 1.82) is 0 Å². The number of rotatable bonds is 2. The van der Waals surface area contributed by atoms with Gasteiger partial charge in [0, 0.05) is 49.6 Å². The standard InChI is InChI=1S/C21H25N5O2/c1-14-2-3-16(12-22-14)19(27)25-10-7-21(8-11-25)18-17(23-13-24-18)6-9-26(21)20(28)15-4-5-15/h2-3,12-13,15H,4-11H2,1H3,(H,23,24). The molecule has 2 fully saturated rings. The fourth-order valence-corrected chi connectivity index (χ4v) is 4.71. The van der Waals surface area contributed by atoms with E-state index >= 15 is 0 Å². The van der Waals surface area contributed by atoms with Crippen LogP contribution >= 0.6 is 0 Å². The smallest absolute Gasteiger partial charge is 0.255 e. The first-order chi connectivity index (χ1) is 13.6. The molecule has 28 heavy (non-hydrogen) atoms. The van der Waals surface area contributed by atoms with Gasteiger partial charge < -0.3 is 14.8 Å². The second-order valence-corrected chi connectivity index (χ2v) is 8.26. The van der Waals surface area contributed by atoms with Crippen molar-refractivity contribution in [3.8, 4) is 0 Å². The molecule has 146 valence electrons. The molecule has 0 unspecified atom stereocenters. The summed E-state index contributed by atoms with van der Waals surface area (Å²) in [5.74, 6) is 0.479. The SMILES string of the molecule is Cc1ccc(C(=O)N2CCC3(CC2)c2nc[nH]c2CCN3C(=O)C2CC2)cn1. The number of aromatic amines is 1. The maximum Gasteiger partial charge on any atom is 0.255 e. The van der Waals surface area contributed by atoms with Crippen molar-refractivity contribution in [2.75, 3.05) is 19.6 Å². The lowest BCUT2D eigenvalue weighted by atomic mass is 9.78. The van der Waals surface area contributed by atoms with Gasteiger partial charge in [0.1, 0.15) is 0 Å². The van der Waals surface area contributed by atoms with Crippen molar-refractivity contribution < 1.29 is 9.59 Å². The second-order valence-electron chi connectivity index (χ2n) is 8.26. The van der Waals surface area contributed by atoms with E-state index < -0.39 is 0 Å². The fraction of sp³-hybridized carbons (Fsp3) is 0.524. The van der Waals surface area contributed by atoms with Gasteiger partial charge in [-0.15, -0.1) is 0 Å². The maximum atomic E-state index is 13.0. The normalized spacial score (nSPS) is 20.9. The molecular weight excluding hydrogens is 354 g/mol. The van der Waals surface area contributed by atoms with E-state index in [2.05, 4.69) is 19.9 Å². The molecule has 7 nitrogen and oxygen atoms in total. The molecule has 2 aromatic heterocycles. The van der Waals surface area contributed by atoms with Crippen molar-refractivity contribution in [2.24, 2.45) is 5.92 Å². The summed E-state index contributed by atoms with van der Waals surface area (Å²) in [6.45, 7) is 3.89. The number of pyridine rings is 1. The molecule has 2 amide bonds. The van der Waals surface area contributed by atoms with Gasteiger partial charge in [0.15, 0.2) is 0 Å². The van der Waals surface area contributed by atoms with Crippen molar-refractivity contribution in [3.05, 3.63) is 47.3 Å². The molecule has 1 spiro atoms. The molecule has 5 rings (SSSR count). The highest BCUT2D eigenvalue weighted by molar-refractivity contribution is 5.94. The molecular formula is C21H25N5O2. The molecule has 4 heterocycles. The van der Waals surface area contributed by atoms with Gasteiger partial charge in [0.2, 0.25) is 5.91 Å². The van der Waals surface area contributed by atoms with E-state index in [9.17, 15) is 9.59 Å². The Kier molecular flexibility index (Phi) is 4.00. The van der Waals surface area contributed by atoms with Crippen LogP contribution in [0.2, 0.25) is 0 Å². The zero-order chi connectivity index (χ0) is 19.3. The molecule has 7 heteroatoms. The van der Waals surface area contributed by atoms with E-state index in [0.717, 1.165) is 55.7 Å². The number of hydrogen-bond acceptors (Lipinski definition) is 4. The van der Waals surface area contributed by atoms with Gasteiger partial charge in [-0.1, -0.05) is 0 Å². The van der Waals surface area contributed by atoms with Gasteiger partial charge in [0.25, 0.3) is 5.91 Å². The number of H-pyrrole nitrogens is 1. The topological polar surface area (TPSA) is 82.2 Å². The number of carbonyl (C=O) groups is 2. The number of aromatic nitrogens is 3. The van der Waals surface area contributed by atoms with Gasteiger partial charge >= 0.3 is 0 Å². The lowest BCUT2D eigenvalue weighted by molar-refractivity contribution is -0.143. The molecule has 0 atom stereocenters. The summed E-state index contributed by atoms with van der Waals surface area (Å²) in [7, 11) is 0. The van der Waals surface area contributed by atoms with Crippen LogP contribution in [0.3, 0.4) is 0 Å². The molecule has 1 saturated carbocycles. The van der Waals surface area contributed by atoms with Crippen LogP contribution in [0, 0.1) is 12.8 Å². The van der Waals surface area contributed by atoms with Crippen LogP contribution in [-0.4, -0.2) is 56.2 Å². The van der Waals surface area contributed by atoms with Gasteiger partial charge in [-0.2, -0.15) is 0 Å². The Morgan fingerprint density at radius 1 is 1.14 bits per heavy atom. The second kappa shape index (κ2) is 6.43. The third kappa shape index (κ3) is 2.72. The number of nitrogens with one attached hydrogen (secondary N) is 1. The third-order valence-electron chi connectivity index (χ3n) is 6.49. The first-order valence-corrected chi connectivity index (χ1v) is 10.1. The predicted molar refractivity (Wildman–Crippen MR) is 103 cm³/mol. The Balaban J connectivity index is 1.40. The number of piperidine rings is 1. The van der Waals surface area contributed by atoms with Crippen LogP contribution in [0.15, 0.2) is 24.7 Å². The molecule has 2 aromatic rings. The molecule has 3 aliphatic rings. The number of aryl methyl sites for hydroxylation is 1. The number of imidazole rings is 1. The van der Waals surface area contributed by atoms with Crippen molar-refractivity contribution >= 4 is 11.8 Å². The van der Waals surface area contributed by atoms with Gasteiger partial charge in [-0.25, -0.2) is 4.98 Å². The highest BCUT2D eigenvalue weighted by Crippen LogP contribution is 2.45. The van der Waals surface area contributed by atoms with E-state index in [1.54, 1.807) is 12.5 Å². The Bertz CT molecular complexity index is 907. The van der Waals surface area contributed by atoms with Crippen LogP contribution in [0.5, 0.6) is 0 Å². The fourth-order valence-electron chi connectivity index (χ4n) is 4.71. The van der Waals surface area contributed by atoms with Crippen LogP contribution in [-0.2, 0) is 16.8 Å². The van der Waals surface area contributed by atoms with Crippen LogP contribution in [0.4, 0.5) is 0 Å². The van der Waals surface area contributed by atoms with E-state index in [-0.39, 0.29) is 23.3 Å². The quantitative estimate of drug-likeness (QED) is 0.866. The highest BCUT2D eigenvalue weighted by Gasteiger charge is 2.51. The molecule has 2 aliphatic heterocycles. The molecule has 0 radical (unpaired) electrons. The number of likely N-dealkylation sites (tertiary alicyclic amines) is 1. The third-order valence-corrected chi connectivity index (χ3v) is 6.49. The summed E-state index contributed by atoms with van der Waals surface area (Å²) < 4.78 is 0. The van der Waals surface area contributed by atoms with Crippen molar-refractivity contribution in [1.82, 2.24) is 24.8 Å². The Morgan fingerprint density at radius 2 is 1.93 bits per heavy atom. The summed E-state index contributed by atoms with van der Waals surface area (Å²) in [6, 6.07) is 3.70. The zero-order valence-electron chi connectivity index (χ0n) is 16.1. The number of carbonyl (C=O) groups excluding carboxylic acids is 2. The van der Waals surface area contributed by atoms with Gasteiger partial charge in [0.05, 0.1) is 23.1 Å². The van der Waals surface area contributed by atoms with E-state index in [1.165, 1.54) is 0 Å². The lowest BCUT2D eigenvalue weighted by Crippen LogP contribution is -2.59. The minimum Gasteiger partial charge on any atom is -0.348 e. The summed E-state index contributed by atoms with van der Waals surface area (Å²) in [5.41, 5.74) is 3.29. The van der Waals surface area contributed by atoms with E-state index in [0.29, 0.717) is 18.7 Å². The molecule has 0 aromatic carbocycles. The van der Waals surface area contributed by atoms with Crippen LogP contribution in [0.25, 0.3) is 0 Å². The Morgan fingerprint density at radius 3 is 2.61 bits per heavy atom. The first kappa shape index (κ1) is 17.4. The zero-order valence-corrected chi connectivity index (χ0v) is 16.1. The molecule has 0 bridgehead atoms. The summed E-state index contributed by atoms with van der Waals surface area (Å²) >= 11 is 0. The average Bonchev–Trinajstić information content (AvgIpc) is 3.45. The lowest BCUT2D eigenvalue weighted by Gasteiger charge is -2.50. The highest BCUT2D eigenvalue weighted by atomic mass is 16.2. The Hall–Kier alpha value is -2.70. The van der Waals surface area contributed by atoms with E-state index in [4.69, 9.17) is 0 Å². The summed E-state index contributed by atoms with van der Waals surface area (Å²) in [6.07, 6.45) is 7.69. The predicted octanol–water partition coefficient (Wildman–Crippen LogP) is 2.04. The number of nitrogens with zero attached hydrogens (tertiary/aromatic N) is 4. The van der Waals surface area contributed by atoms with Gasteiger partial charge in [-0.05, 0) is 44.7 Å². The maximum absolute atomic E-state index is 13.0. The molecule has 1 N–H and O–H groups in total. The number of fused-ring (bicyclic) bond motifs is 2. The molecule has 1 saturated heterocycles. The van der Waals surface area contributed by atoms with Crippen molar-refractivity contribution in [3.63, 3.8) is 0 Å². The first-order valence-electron chi connectivity index (χ1n) is 10.1. The van der Waals surface area contributed by atoms with Crippen LogP contribution in [0.1, 0.15) is 53.1 Å². The van der Waals surface area contributed by atoms with E-state index in [1.807, 2.05) is 24.0 Å². The number of amides is 2. The Labute approximate surface area is 164 Å². The summed E-state index contributed by atoms with van der Waals surface area (Å²) in [4.78, 5) is 42.0. The van der Waals surface area contributed by atoms with Crippen molar-refractivity contribution in [2.45, 2.75) is 44.6 Å². The largest absolute Gasteiger partial charge is 0.348 e. The monoisotopic (exact) mass is 379 g/mol. The van der Waals surface area contributed by atoms with Crippen LogP contribution < -0.4 is 0 Å². The molecule has 1 aliphatic carbocycles. The average molecular weight is 379 g/mol. The number of hydrogen-bond donors (Lipinski definition) is 1. The summed E-state index contributed by atoms with van der Waals surface area (Å²) in [5, 5.41) is 0. The van der Waals surface area contributed by atoms with Gasteiger partial charge in [-0.3, -0.25) is 14.6 Å². The minimum atomic E-state index is -0.379.